The molecule has 0 bridgehead atoms. The number of carbonyl (C=O) groups is 6. The molecule has 0 spiro atoms. The number of imidazole rings is 6. The van der Waals surface area contributed by atoms with Crippen LogP contribution in [0, 0.1) is 0 Å². The molecule has 0 aliphatic carbocycles. The topological polar surface area (TPSA) is 487 Å². The first-order valence-electron chi connectivity index (χ1n) is 19.4. The standard InChI is InChI=1S/6C6H9N3O2.Ni/c6*7-5(6(10)11)1-4-2-8-3-9-4;/h6*2-3,5H,1,7H2,(H2,8,9,10,11);/q;;;;;;+6/p-6/t6*5-;/m000000./s1. The van der Waals surface area contributed by atoms with Crippen LogP contribution >= 0.6 is 0 Å². The monoisotopic (exact) mass is 982 g/mol. The van der Waals surface area contributed by atoms with Crippen LogP contribution in [0.15, 0.2) is 75.1 Å². The van der Waals surface area contributed by atoms with E-state index in [-0.39, 0.29) is 34.2 Å². The summed E-state index contributed by atoms with van der Waals surface area (Å²) in [6.45, 7) is 0. The normalized spacial score (nSPS) is 15.7. The fourth-order valence-electron chi connectivity index (χ4n) is 6.76. The van der Waals surface area contributed by atoms with Gasteiger partial charge in [-0.25, -0.2) is 0 Å². The van der Waals surface area contributed by atoms with Gasteiger partial charge >= 0.3 is 377 Å². The van der Waals surface area contributed by atoms with E-state index in [0.717, 1.165) is 0 Å². The van der Waals surface area contributed by atoms with Crippen molar-refractivity contribution in [2.24, 2.45) is 34.4 Å². The quantitative estimate of drug-likeness (QED) is 0.0252. The van der Waals surface area contributed by atoms with Crippen molar-refractivity contribution in [1.82, 2.24) is 51.8 Å². The van der Waals surface area contributed by atoms with Gasteiger partial charge in [0.2, 0.25) is 0 Å². The Labute approximate surface area is 376 Å². The number of rotatable bonds is 24. The van der Waals surface area contributed by atoms with Crippen molar-refractivity contribution in [3.63, 3.8) is 0 Å². The fourth-order valence-corrected chi connectivity index (χ4v) is 15.2. The van der Waals surface area contributed by atoms with E-state index in [2.05, 4.69) is 29.9 Å². The average molecular weight is 984 g/mol. The van der Waals surface area contributed by atoms with E-state index in [4.69, 9.17) is 34.4 Å². The van der Waals surface area contributed by atoms with Gasteiger partial charge in [0.05, 0.1) is 0 Å². The maximum absolute atomic E-state index is 12.2. The predicted octanol–water partition coefficient (Wildman–Crippen LogP) is -5.10. The van der Waals surface area contributed by atoms with Crippen molar-refractivity contribution >= 4 is 35.8 Å². The Kier molecular flexibility index (Phi) is 13.1. The van der Waals surface area contributed by atoms with E-state index in [1.165, 1.54) is 97.0 Å². The van der Waals surface area contributed by atoms with Gasteiger partial charge in [0.25, 0.3) is 0 Å². The molecule has 18 N–H and O–H groups in total. The number of nitrogens with zero attached hydrogens (tertiary/aromatic N) is 12. The van der Waals surface area contributed by atoms with Crippen molar-refractivity contribution in [3.8, 4) is 0 Å². The number of hydrogen-bond donors (Lipinski definition) is 12. The molecule has 31 heteroatoms. The first-order valence-corrected chi connectivity index (χ1v) is 22.1. The Balaban J connectivity index is 1.98. The van der Waals surface area contributed by atoms with E-state index >= 15 is 0 Å². The van der Waals surface area contributed by atoms with Crippen LogP contribution in [0.4, 0.5) is 0 Å². The molecule has 0 amide bonds. The summed E-state index contributed by atoms with van der Waals surface area (Å²) in [5.74, 6) is -8.41. The molecule has 0 aliphatic rings. The second kappa shape index (κ2) is 18.0. The minimum atomic E-state index is -6.75. The van der Waals surface area contributed by atoms with Gasteiger partial charge in [-0.15, -0.1) is 0 Å². The zero-order valence-electron chi connectivity index (χ0n) is 34.9. The van der Waals surface area contributed by atoms with Crippen molar-refractivity contribution in [2.45, 2.75) is 74.8 Å². The molecular formula is C36H48N18NiO12. The van der Waals surface area contributed by atoms with E-state index in [0.29, 0.717) is 0 Å². The molecule has 0 saturated carbocycles. The number of nitrogens with two attached hydrogens (primary N) is 6. The molecule has 0 radical (unpaired) electrons. The Hall–Kier alpha value is -7.67. The number of hydrogen-bond acceptors (Lipinski definition) is 18. The summed E-state index contributed by atoms with van der Waals surface area (Å²) in [7, 11) is 0. The molecule has 364 valence electrons. The fraction of sp³-hybridized carbons (Fsp3) is 0.333. The Morgan fingerprint density at radius 3 is 0.597 bits per heavy atom. The molecule has 0 fully saturated rings. The molecule has 67 heavy (non-hydrogen) atoms. The molecule has 6 aromatic rings. The van der Waals surface area contributed by atoms with Gasteiger partial charge in [-0.1, -0.05) is 0 Å². The molecule has 0 aliphatic heterocycles. The SMILES string of the molecule is N[C@@H](Cc1c[n]([Ni]([n]2cnc(C[C@H](N)C(=O)O)c2)([n]2cnc(C[C@H](N)C(=O)O)c2)([n]2cnc(C[C@H](N)C(=O)O)c2)([n]2cnc(C[C@H](N)C(=O)O)c2)[n]2cnc(C[C@H](N)C(=O)O)c2)cn1)C(=O)O. The summed E-state index contributed by atoms with van der Waals surface area (Å²) in [5.41, 5.74) is 36.3. The third kappa shape index (κ3) is 7.77. The summed E-state index contributed by atoms with van der Waals surface area (Å²) in [4.78, 5) is 101. The third-order valence-electron chi connectivity index (χ3n) is 10.2. The van der Waals surface area contributed by atoms with Crippen LogP contribution in [0.3, 0.4) is 0 Å². The van der Waals surface area contributed by atoms with Crippen LogP contribution in [-0.4, -0.2) is 154 Å². The van der Waals surface area contributed by atoms with Gasteiger partial charge in [-0.05, 0) is 0 Å². The number of aromatic nitrogens is 12. The molecule has 0 aromatic carbocycles. The third-order valence-corrected chi connectivity index (χ3v) is 18.5. The first kappa shape index (κ1) is 48.8. The molecule has 6 atom stereocenters. The van der Waals surface area contributed by atoms with Crippen molar-refractivity contribution in [1.29, 1.82) is 0 Å². The molecule has 0 unspecified atom stereocenters. The predicted molar refractivity (Wildman–Crippen MR) is 222 cm³/mol. The van der Waals surface area contributed by atoms with E-state index < -0.39 is 122 Å². The zero-order chi connectivity index (χ0) is 49.2. The number of aliphatic carboxylic acids is 6. The molecular weight excluding hydrogens is 935 g/mol. The Morgan fingerprint density at radius 2 is 0.478 bits per heavy atom. The van der Waals surface area contributed by atoms with Gasteiger partial charge in [0.15, 0.2) is 0 Å². The van der Waals surface area contributed by atoms with Gasteiger partial charge in [-0.2, -0.15) is 0 Å². The van der Waals surface area contributed by atoms with Gasteiger partial charge < -0.3 is 0 Å². The zero-order valence-corrected chi connectivity index (χ0v) is 35.9. The molecule has 6 rings (SSSR count). The van der Waals surface area contributed by atoms with Crippen molar-refractivity contribution in [3.05, 3.63) is 109 Å². The van der Waals surface area contributed by atoms with Crippen LogP contribution in [0.2, 0.25) is 0 Å². The van der Waals surface area contributed by atoms with Gasteiger partial charge in [0.1, 0.15) is 0 Å². The number of carboxylic acids is 6. The van der Waals surface area contributed by atoms with E-state index in [9.17, 15) is 59.4 Å². The first-order chi connectivity index (χ1) is 31.5. The second-order valence-corrected chi connectivity index (χ2v) is 20.9. The summed E-state index contributed by atoms with van der Waals surface area (Å²) in [5, 5.41) is 59.4. The van der Waals surface area contributed by atoms with Crippen LogP contribution in [-0.2, 0) is 78.9 Å². The summed E-state index contributed by atoms with van der Waals surface area (Å²) in [6, 6.07) is -9.21. The van der Waals surface area contributed by atoms with Crippen LogP contribution in [0.5, 0.6) is 0 Å². The molecule has 0 saturated heterocycles. The van der Waals surface area contributed by atoms with Gasteiger partial charge in [-0.3, -0.25) is 0 Å². The van der Waals surface area contributed by atoms with Crippen LogP contribution < -0.4 is 34.4 Å². The minimum absolute atomic E-state index is 0.0120. The summed E-state index contributed by atoms with van der Waals surface area (Å²) in [6.07, 6.45) is 13.1. The Morgan fingerprint density at radius 1 is 0.343 bits per heavy atom. The molecule has 6 aromatic heterocycles. The van der Waals surface area contributed by atoms with Crippen LogP contribution in [0.1, 0.15) is 34.2 Å². The van der Waals surface area contributed by atoms with Gasteiger partial charge in [0, 0.05) is 0 Å². The second-order valence-electron chi connectivity index (χ2n) is 14.9. The average Bonchev–Trinajstić information content (AvgIpc) is 4.12. The van der Waals surface area contributed by atoms with Crippen molar-refractivity contribution in [2.75, 3.05) is 0 Å². The molecule has 30 nitrogen and oxygen atoms in total. The summed E-state index contributed by atoms with van der Waals surface area (Å²) >= 11 is -6.75. The maximum atomic E-state index is 12.2. The van der Waals surface area contributed by atoms with E-state index in [1.807, 2.05) is 0 Å². The van der Waals surface area contributed by atoms with Crippen molar-refractivity contribution < 1.29 is 71.0 Å². The number of carboxylic acid groups (broad SMARTS) is 6. The van der Waals surface area contributed by atoms with Crippen LogP contribution in [0.25, 0.3) is 0 Å². The summed E-state index contributed by atoms with van der Waals surface area (Å²) < 4.78 is 8.56. The Bertz CT molecular complexity index is 2360. The van der Waals surface area contributed by atoms with E-state index in [1.54, 1.807) is 0 Å². The molecule has 6 heterocycles.